The van der Waals surface area contributed by atoms with Gasteiger partial charge in [-0.05, 0) is 12.1 Å². The first-order valence-corrected chi connectivity index (χ1v) is 5.53. The van der Waals surface area contributed by atoms with Crippen LogP contribution >= 0.6 is 15.9 Å². The number of ether oxygens (including phenoxy) is 2. The predicted molar refractivity (Wildman–Crippen MR) is 58.9 cm³/mol. The van der Waals surface area contributed by atoms with Crippen LogP contribution in [0.25, 0.3) is 0 Å². The van der Waals surface area contributed by atoms with Crippen molar-refractivity contribution in [3.63, 3.8) is 0 Å². The van der Waals surface area contributed by atoms with Gasteiger partial charge in [-0.3, -0.25) is 4.79 Å². The molecule has 1 aliphatic rings. The van der Waals surface area contributed by atoms with E-state index in [0.717, 1.165) is 22.2 Å². The van der Waals surface area contributed by atoms with Crippen LogP contribution in [-0.4, -0.2) is 18.7 Å². The van der Waals surface area contributed by atoms with Gasteiger partial charge in [-0.15, -0.1) is 0 Å². The normalized spacial score (nSPS) is 18.1. The third-order valence-electron chi connectivity index (χ3n) is 2.27. The maximum absolute atomic E-state index is 10.7. The summed E-state index contributed by atoms with van der Waals surface area (Å²) in [6.07, 6.45) is 0.729. The second kappa shape index (κ2) is 4.23. The van der Waals surface area contributed by atoms with Gasteiger partial charge in [-0.1, -0.05) is 22.0 Å². The number of rotatable bonds is 2. The van der Waals surface area contributed by atoms with Gasteiger partial charge in [0, 0.05) is 23.4 Å². The summed E-state index contributed by atoms with van der Waals surface area (Å²) in [6.45, 7) is 1.72. The fourth-order valence-electron chi connectivity index (χ4n) is 1.60. The van der Waals surface area contributed by atoms with Crippen molar-refractivity contribution in [3.05, 3.63) is 28.2 Å². The molecule has 2 rings (SSSR count). The molecule has 15 heavy (non-hydrogen) atoms. The van der Waals surface area contributed by atoms with Crippen molar-refractivity contribution in [1.82, 2.24) is 0 Å². The summed E-state index contributed by atoms with van der Waals surface area (Å²) in [5, 5.41) is 0. The lowest BCUT2D eigenvalue weighted by Gasteiger charge is -2.09. The zero-order chi connectivity index (χ0) is 10.8. The SMILES string of the molecule is CC(=O)OCC1Cc2c(Br)cccc2O1. The highest BCUT2D eigenvalue weighted by atomic mass is 79.9. The van der Waals surface area contributed by atoms with Gasteiger partial charge in [-0.25, -0.2) is 0 Å². The van der Waals surface area contributed by atoms with E-state index in [1.165, 1.54) is 6.92 Å². The van der Waals surface area contributed by atoms with Crippen molar-refractivity contribution in [3.8, 4) is 5.75 Å². The Morgan fingerprint density at radius 2 is 2.47 bits per heavy atom. The number of benzene rings is 1. The molecule has 1 atom stereocenters. The van der Waals surface area contributed by atoms with E-state index in [1.807, 2.05) is 18.2 Å². The Morgan fingerprint density at radius 1 is 1.67 bits per heavy atom. The molecule has 1 aliphatic heterocycles. The number of carbonyl (C=O) groups excluding carboxylic acids is 1. The van der Waals surface area contributed by atoms with Crippen LogP contribution in [0.5, 0.6) is 5.75 Å². The lowest BCUT2D eigenvalue weighted by molar-refractivity contribution is -0.143. The Balaban J connectivity index is 2.03. The molecule has 0 saturated carbocycles. The van der Waals surface area contributed by atoms with Gasteiger partial charge in [0.2, 0.25) is 0 Å². The number of halogens is 1. The fourth-order valence-corrected chi connectivity index (χ4v) is 2.11. The fraction of sp³-hybridized carbons (Fsp3) is 0.364. The van der Waals surface area contributed by atoms with E-state index in [0.29, 0.717) is 6.61 Å². The molecule has 3 nitrogen and oxygen atoms in total. The maximum Gasteiger partial charge on any atom is 0.302 e. The van der Waals surface area contributed by atoms with Crippen LogP contribution in [-0.2, 0) is 16.0 Å². The first-order valence-electron chi connectivity index (χ1n) is 4.74. The number of esters is 1. The third kappa shape index (κ3) is 2.31. The quantitative estimate of drug-likeness (QED) is 0.774. The standard InChI is InChI=1S/C11H11BrO3/c1-7(13)14-6-8-5-9-10(12)3-2-4-11(9)15-8/h2-4,8H,5-6H2,1H3. The molecule has 0 radical (unpaired) electrons. The molecule has 0 amide bonds. The van der Waals surface area contributed by atoms with Crippen molar-refractivity contribution >= 4 is 21.9 Å². The summed E-state index contributed by atoms with van der Waals surface area (Å²) >= 11 is 3.47. The average molecular weight is 271 g/mol. The Kier molecular flexibility index (Phi) is 2.95. The molecule has 0 saturated heterocycles. The Labute approximate surface area is 96.5 Å². The third-order valence-corrected chi connectivity index (χ3v) is 3.02. The van der Waals surface area contributed by atoms with Crippen molar-refractivity contribution < 1.29 is 14.3 Å². The molecule has 4 heteroatoms. The Morgan fingerprint density at radius 3 is 3.13 bits per heavy atom. The molecule has 80 valence electrons. The first-order chi connectivity index (χ1) is 7.16. The van der Waals surface area contributed by atoms with Crippen LogP contribution in [0.4, 0.5) is 0 Å². The molecular formula is C11H11BrO3. The summed E-state index contributed by atoms with van der Waals surface area (Å²) < 4.78 is 11.6. The minimum atomic E-state index is -0.270. The molecule has 0 fully saturated rings. The van der Waals surface area contributed by atoms with Crippen LogP contribution in [0.1, 0.15) is 12.5 Å². The topological polar surface area (TPSA) is 35.5 Å². The van der Waals surface area contributed by atoms with E-state index in [4.69, 9.17) is 9.47 Å². The molecule has 0 aromatic heterocycles. The predicted octanol–water partition coefficient (Wildman–Crippen LogP) is 2.32. The van der Waals surface area contributed by atoms with Gasteiger partial charge >= 0.3 is 5.97 Å². The lowest BCUT2D eigenvalue weighted by atomic mass is 10.1. The van der Waals surface area contributed by atoms with Gasteiger partial charge in [0.1, 0.15) is 18.5 Å². The van der Waals surface area contributed by atoms with Gasteiger partial charge in [0.25, 0.3) is 0 Å². The summed E-state index contributed by atoms with van der Waals surface area (Å²) in [4.78, 5) is 10.7. The number of hydrogen-bond donors (Lipinski definition) is 0. The molecule has 0 bridgehead atoms. The smallest absolute Gasteiger partial charge is 0.302 e. The van der Waals surface area contributed by atoms with E-state index in [1.54, 1.807) is 0 Å². The minimum Gasteiger partial charge on any atom is -0.486 e. The maximum atomic E-state index is 10.7. The van der Waals surface area contributed by atoms with Gasteiger partial charge in [-0.2, -0.15) is 0 Å². The molecule has 0 spiro atoms. The number of fused-ring (bicyclic) bond motifs is 1. The van der Waals surface area contributed by atoms with Crippen molar-refractivity contribution in [1.29, 1.82) is 0 Å². The molecule has 0 aliphatic carbocycles. The number of carbonyl (C=O) groups is 1. The van der Waals surface area contributed by atoms with Gasteiger partial charge < -0.3 is 9.47 Å². The average Bonchev–Trinajstić information content (AvgIpc) is 2.59. The van der Waals surface area contributed by atoms with E-state index in [9.17, 15) is 4.79 Å². The van der Waals surface area contributed by atoms with Crippen LogP contribution < -0.4 is 4.74 Å². The highest BCUT2D eigenvalue weighted by Gasteiger charge is 2.25. The zero-order valence-corrected chi connectivity index (χ0v) is 9.91. The Bertz CT molecular complexity index is 389. The molecule has 1 heterocycles. The second-order valence-corrected chi connectivity index (χ2v) is 4.32. The van der Waals surface area contributed by atoms with Crippen LogP contribution in [0.15, 0.2) is 22.7 Å². The van der Waals surface area contributed by atoms with Gasteiger partial charge in [0.15, 0.2) is 0 Å². The molecule has 1 aromatic carbocycles. The first kappa shape index (κ1) is 10.5. The minimum absolute atomic E-state index is 0.0531. The van der Waals surface area contributed by atoms with Gasteiger partial charge in [0.05, 0.1) is 0 Å². The van der Waals surface area contributed by atoms with Crippen molar-refractivity contribution in [2.24, 2.45) is 0 Å². The summed E-state index contributed by atoms with van der Waals surface area (Å²) in [5.41, 5.74) is 1.15. The van der Waals surface area contributed by atoms with E-state index >= 15 is 0 Å². The largest absolute Gasteiger partial charge is 0.486 e. The Hall–Kier alpha value is -1.03. The summed E-state index contributed by atoms with van der Waals surface area (Å²) in [5.74, 6) is 0.607. The summed E-state index contributed by atoms with van der Waals surface area (Å²) in [6, 6.07) is 5.83. The monoisotopic (exact) mass is 270 g/mol. The van der Waals surface area contributed by atoms with E-state index in [-0.39, 0.29) is 12.1 Å². The molecule has 0 N–H and O–H groups in total. The molecular weight excluding hydrogens is 260 g/mol. The summed E-state index contributed by atoms with van der Waals surface area (Å²) in [7, 11) is 0. The van der Waals surface area contributed by atoms with Crippen LogP contribution in [0, 0.1) is 0 Å². The molecule has 1 unspecified atom stereocenters. The zero-order valence-electron chi connectivity index (χ0n) is 8.33. The van der Waals surface area contributed by atoms with Crippen molar-refractivity contribution in [2.75, 3.05) is 6.61 Å². The van der Waals surface area contributed by atoms with E-state index < -0.39 is 0 Å². The van der Waals surface area contributed by atoms with Crippen molar-refractivity contribution in [2.45, 2.75) is 19.4 Å². The highest BCUT2D eigenvalue weighted by molar-refractivity contribution is 9.10. The number of hydrogen-bond acceptors (Lipinski definition) is 3. The van der Waals surface area contributed by atoms with E-state index in [2.05, 4.69) is 15.9 Å². The van der Waals surface area contributed by atoms with Crippen LogP contribution in [0.2, 0.25) is 0 Å². The highest BCUT2D eigenvalue weighted by Crippen LogP contribution is 2.34. The molecule has 1 aromatic rings. The van der Waals surface area contributed by atoms with Crippen LogP contribution in [0.3, 0.4) is 0 Å². The lowest BCUT2D eigenvalue weighted by Crippen LogP contribution is -2.21. The second-order valence-electron chi connectivity index (χ2n) is 3.46.